The van der Waals surface area contributed by atoms with E-state index in [0.29, 0.717) is 22.8 Å². The van der Waals surface area contributed by atoms with Gasteiger partial charge in [-0.15, -0.1) is 0 Å². The molecule has 0 bridgehead atoms. The van der Waals surface area contributed by atoms with Crippen LogP contribution < -0.4 is 14.2 Å². The third-order valence-electron chi connectivity index (χ3n) is 5.71. The van der Waals surface area contributed by atoms with Gasteiger partial charge in [0.1, 0.15) is 17.2 Å². The van der Waals surface area contributed by atoms with Gasteiger partial charge in [-0.05, 0) is 97.1 Å². The third kappa shape index (κ3) is 7.65. The predicted molar refractivity (Wildman–Crippen MR) is 155 cm³/mol. The number of esters is 1. The Morgan fingerprint density at radius 3 is 1.30 bits per heavy atom. The Labute approximate surface area is 233 Å². The van der Waals surface area contributed by atoms with E-state index in [1.807, 2.05) is 84.9 Å². The van der Waals surface area contributed by atoms with Crippen LogP contribution >= 0.6 is 0 Å². The molecule has 0 fully saturated rings. The molecule has 0 N–H and O–H groups in total. The van der Waals surface area contributed by atoms with Crippen molar-refractivity contribution in [2.24, 2.45) is 0 Å². The zero-order valence-electron chi connectivity index (χ0n) is 21.5. The topological polar surface area (TPSA) is 44.8 Å². The molecule has 4 heteroatoms. The molecular formula is C36H24O4. The smallest absolute Gasteiger partial charge is 0.343 e. The highest BCUT2D eigenvalue weighted by Crippen LogP contribution is 2.20. The summed E-state index contributed by atoms with van der Waals surface area (Å²) in [4.78, 5) is 12.5. The maximum absolute atomic E-state index is 12.5. The Morgan fingerprint density at radius 1 is 0.450 bits per heavy atom. The largest absolute Gasteiger partial charge is 0.458 e. The predicted octanol–water partition coefficient (Wildman–Crippen LogP) is 7.12. The van der Waals surface area contributed by atoms with Gasteiger partial charge in [0.25, 0.3) is 0 Å². The number of ether oxygens (including phenoxy) is 3. The Balaban J connectivity index is 1.08. The number of benzene rings is 5. The first-order valence-electron chi connectivity index (χ1n) is 12.6. The van der Waals surface area contributed by atoms with Crippen LogP contribution in [0.4, 0.5) is 0 Å². The first-order chi connectivity index (χ1) is 19.7. The highest BCUT2D eigenvalue weighted by atomic mass is 16.7. The summed E-state index contributed by atoms with van der Waals surface area (Å²) < 4.78 is 16.8. The van der Waals surface area contributed by atoms with Gasteiger partial charge in [-0.2, -0.15) is 0 Å². The molecule has 0 unspecified atom stereocenters. The Morgan fingerprint density at radius 2 is 0.825 bits per heavy atom. The van der Waals surface area contributed by atoms with Crippen molar-refractivity contribution in [3.8, 4) is 40.9 Å². The van der Waals surface area contributed by atoms with Crippen LogP contribution in [0.5, 0.6) is 17.2 Å². The monoisotopic (exact) mass is 520 g/mol. The molecule has 0 amide bonds. The molecule has 0 radical (unpaired) electrons. The molecule has 0 heterocycles. The minimum absolute atomic E-state index is 0.0354. The Kier molecular flexibility index (Phi) is 8.55. The fraction of sp³-hybridized carbons (Fsp3) is 0.0278. The second-order valence-corrected chi connectivity index (χ2v) is 8.60. The quantitative estimate of drug-likeness (QED) is 0.104. The fourth-order valence-corrected chi connectivity index (χ4v) is 3.59. The van der Waals surface area contributed by atoms with E-state index in [-0.39, 0.29) is 6.79 Å². The summed E-state index contributed by atoms with van der Waals surface area (Å²) in [5.41, 5.74) is 4.06. The standard InChI is InChI=1S/C36H24O4/c37-36(32-19-15-30(16-20-32)13-11-28-7-3-1-4-8-28)40-35-25-23-34(24-26-35)39-27-38-33-21-17-31(18-22-33)14-12-29-9-5-2-6-10-29/h1-10,15-26H,27H2. The van der Waals surface area contributed by atoms with Crippen LogP contribution in [-0.4, -0.2) is 12.8 Å². The summed E-state index contributed by atoms with van der Waals surface area (Å²) in [6.45, 7) is 0.0354. The van der Waals surface area contributed by atoms with E-state index in [4.69, 9.17) is 14.2 Å². The number of hydrogen-bond donors (Lipinski definition) is 0. The lowest BCUT2D eigenvalue weighted by Crippen LogP contribution is -2.08. The number of hydrogen-bond acceptors (Lipinski definition) is 4. The molecule has 0 saturated heterocycles. The lowest BCUT2D eigenvalue weighted by atomic mass is 10.1. The second kappa shape index (κ2) is 13.2. The van der Waals surface area contributed by atoms with Crippen LogP contribution in [-0.2, 0) is 0 Å². The lowest BCUT2D eigenvalue weighted by Gasteiger charge is -2.09. The van der Waals surface area contributed by atoms with Crippen molar-refractivity contribution in [1.82, 2.24) is 0 Å². The molecule has 40 heavy (non-hydrogen) atoms. The molecule has 5 rings (SSSR count). The van der Waals surface area contributed by atoms with Gasteiger partial charge in [-0.25, -0.2) is 4.79 Å². The van der Waals surface area contributed by atoms with Gasteiger partial charge in [0.15, 0.2) is 0 Å². The Hall–Kier alpha value is -5.71. The first kappa shape index (κ1) is 25.9. The van der Waals surface area contributed by atoms with Crippen LogP contribution in [0.15, 0.2) is 133 Å². The summed E-state index contributed by atoms with van der Waals surface area (Å²) in [5.74, 6) is 13.7. The molecule has 0 atom stereocenters. The zero-order chi connectivity index (χ0) is 27.4. The van der Waals surface area contributed by atoms with E-state index in [9.17, 15) is 4.79 Å². The van der Waals surface area contributed by atoms with Crippen molar-refractivity contribution in [2.45, 2.75) is 0 Å². The van der Waals surface area contributed by atoms with E-state index in [2.05, 4.69) is 23.7 Å². The summed E-state index contributed by atoms with van der Waals surface area (Å²) >= 11 is 0. The molecule has 0 aliphatic heterocycles. The van der Waals surface area contributed by atoms with E-state index in [1.54, 1.807) is 48.5 Å². The molecule has 0 aliphatic carbocycles. The summed E-state index contributed by atoms with van der Waals surface area (Å²) in [6, 6.07) is 40.9. The molecule has 0 spiro atoms. The van der Waals surface area contributed by atoms with Gasteiger partial charge < -0.3 is 14.2 Å². The molecule has 4 nitrogen and oxygen atoms in total. The molecule has 0 saturated carbocycles. The summed E-state index contributed by atoms with van der Waals surface area (Å²) in [7, 11) is 0. The number of carbonyl (C=O) groups is 1. The van der Waals surface area contributed by atoms with Crippen molar-refractivity contribution < 1.29 is 19.0 Å². The zero-order valence-corrected chi connectivity index (χ0v) is 21.5. The fourth-order valence-electron chi connectivity index (χ4n) is 3.59. The number of rotatable bonds is 6. The SMILES string of the molecule is O=C(Oc1ccc(OCOc2ccc(C#Cc3ccccc3)cc2)cc1)c1ccc(C#Cc2ccccc2)cc1. The highest BCUT2D eigenvalue weighted by molar-refractivity contribution is 5.91. The Bertz CT molecular complexity index is 1670. The average molecular weight is 521 g/mol. The van der Waals surface area contributed by atoms with E-state index < -0.39 is 5.97 Å². The van der Waals surface area contributed by atoms with Gasteiger partial charge in [-0.1, -0.05) is 60.1 Å². The summed E-state index contributed by atoms with van der Waals surface area (Å²) in [5, 5.41) is 0. The van der Waals surface area contributed by atoms with Crippen LogP contribution in [0.3, 0.4) is 0 Å². The van der Waals surface area contributed by atoms with Gasteiger partial charge in [-0.3, -0.25) is 0 Å². The summed E-state index contributed by atoms with van der Waals surface area (Å²) in [6.07, 6.45) is 0. The van der Waals surface area contributed by atoms with E-state index in [0.717, 1.165) is 22.3 Å². The van der Waals surface area contributed by atoms with Crippen molar-refractivity contribution >= 4 is 5.97 Å². The van der Waals surface area contributed by atoms with Crippen LogP contribution in [0.2, 0.25) is 0 Å². The first-order valence-corrected chi connectivity index (χ1v) is 12.6. The molecular weight excluding hydrogens is 496 g/mol. The maximum atomic E-state index is 12.5. The van der Waals surface area contributed by atoms with E-state index >= 15 is 0 Å². The van der Waals surface area contributed by atoms with Crippen LogP contribution in [0.25, 0.3) is 0 Å². The van der Waals surface area contributed by atoms with Gasteiger partial charge in [0, 0.05) is 22.3 Å². The van der Waals surface area contributed by atoms with Crippen molar-refractivity contribution in [2.75, 3.05) is 6.79 Å². The second-order valence-electron chi connectivity index (χ2n) is 8.60. The molecule has 0 aliphatic rings. The highest BCUT2D eigenvalue weighted by Gasteiger charge is 2.08. The number of carbonyl (C=O) groups excluding carboxylic acids is 1. The van der Waals surface area contributed by atoms with Crippen LogP contribution in [0, 0.1) is 23.7 Å². The van der Waals surface area contributed by atoms with Crippen molar-refractivity contribution in [3.05, 3.63) is 161 Å². The van der Waals surface area contributed by atoms with Gasteiger partial charge >= 0.3 is 5.97 Å². The van der Waals surface area contributed by atoms with E-state index in [1.165, 1.54) is 0 Å². The maximum Gasteiger partial charge on any atom is 0.343 e. The molecule has 5 aromatic carbocycles. The molecule has 0 aromatic heterocycles. The molecule has 192 valence electrons. The minimum Gasteiger partial charge on any atom is -0.458 e. The van der Waals surface area contributed by atoms with Gasteiger partial charge in [0.05, 0.1) is 5.56 Å². The minimum atomic E-state index is -0.448. The van der Waals surface area contributed by atoms with Crippen molar-refractivity contribution in [1.29, 1.82) is 0 Å². The normalized spacial score (nSPS) is 9.80. The third-order valence-corrected chi connectivity index (χ3v) is 5.71. The molecule has 5 aromatic rings. The van der Waals surface area contributed by atoms with Crippen LogP contribution in [0.1, 0.15) is 32.6 Å². The van der Waals surface area contributed by atoms with Gasteiger partial charge in [0.2, 0.25) is 6.79 Å². The lowest BCUT2D eigenvalue weighted by molar-refractivity contribution is 0.0734. The average Bonchev–Trinajstić information content (AvgIpc) is 3.02. The van der Waals surface area contributed by atoms with Crippen molar-refractivity contribution in [3.63, 3.8) is 0 Å².